The standard InChI is InChI=1S/C25H26FN5O4S/c1-17-5-8-27-19(9-17)14-30-22-4-3-20(36(34,35)16-25(15-26)6-7-25)10-21(22)23(32)31(24(30)33)13-18-11-28-29(2)12-18/h3-5,8-12H,6-7,13-16H2,1-2H3. The Morgan fingerprint density at radius 1 is 1.08 bits per heavy atom. The predicted octanol–water partition coefficient (Wildman–Crippen LogP) is 2.22. The summed E-state index contributed by atoms with van der Waals surface area (Å²) in [7, 11) is -2.10. The van der Waals surface area contributed by atoms with Crippen molar-refractivity contribution in [2.45, 2.75) is 37.8 Å². The number of aromatic nitrogens is 5. The van der Waals surface area contributed by atoms with Gasteiger partial charge in [-0.15, -0.1) is 0 Å². The summed E-state index contributed by atoms with van der Waals surface area (Å²) in [5.41, 5.74) is 0.585. The van der Waals surface area contributed by atoms with Gasteiger partial charge < -0.3 is 0 Å². The first-order valence-electron chi connectivity index (χ1n) is 11.6. The lowest BCUT2D eigenvalue weighted by atomic mass is 10.2. The van der Waals surface area contributed by atoms with Gasteiger partial charge in [-0.05, 0) is 55.7 Å². The molecule has 0 unspecified atom stereocenters. The van der Waals surface area contributed by atoms with Gasteiger partial charge in [0, 0.05) is 30.4 Å². The lowest BCUT2D eigenvalue weighted by Crippen LogP contribution is -2.40. The maximum Gasteiger partial charge on any atom is 0.332 e. The van der Waals surface area contributed by atoms with E-state index in [2.05, 4.69) is 10.1 Å². The summed E-state index contributed by atoms with van der Waals surface area (Å²) in [4.78, 5) is 31.3. The van der Waals surface area contributed by atoms with Crippen LogP contribution in [0.2, 0.25) is 0 Å². The predicted molar refractivity (Wildman–Crippen MR) is 133 cm³/mol. The van der Waals surface area contributed by atoms with Crippen LogP contribution in [0.3, 0.4) is 0 Å². The van der Waals surface area contributed by atoms with Crippen molar-refractivity contribution >= 4 is 20.7 Å². The second kappa shape index (κ2) is 8.81. The number of alkyl halides is 1. The van der Waals surface area contributed by atoms with Crippen LogP contribution >= 0.6 is 0 Å². The molecule has 36 heavy (non-hydrogen) atoms. The summed E-state index contributed by atoms with van der Waals surface area (Å²) in [5, 5.41) is 4.20. The third-order valence-electron chi connectivity index (χ3n) is 6.68. The van der Waals surface area contributed by atoms with Crippen LogP contribution in [-0.2, 0) is 30.0 Å². The smallest absolute Gasteiger partial charge is 0.287 e. The van der Waals surface area contributed by atoms with E-state index in [1.54, 1.807) is 30.3 Å². The van der Waals surface area contributed by atoms with Crippen molar-refractivity contribution in [3.8, 4) is 0 Å². The highest BCUT2D eigenvalue weighted by molar-refractivity contribution is 7.91. The third-order valence-corrected chi connectivity index (χ3v) is 8.65. The molecule has 0 spiro atoms. The van der Waals surface area contributed by atoms with Gasteiger partial charge in [0.25, 0.3) is 5.56 Å². The van der Waals surface area contributed by atoms with E-state index in [1.807, 2.05) is 19.1 Å². The first-order valence-corrected chi connectivity index (χ1v) is 13.2. The van der Waals surface area contributed by atoms with E-state index in [9.17, 15) is 22.4 Å². The molecule has 188 valence electrons. The van der Waals surface area contributed by atoms with Gasteiger partial charge in [-0.3, -0.25) is 28.0 Å². The number of hydrogen-bond acceptors (Lipinski definition) is 6. The van der Waals surface area contributed by atoms with Crippen molar-refractivity contribution in [1.29, 1.82) is 0 Å². The largest absolute Gasteiger partial charge is 0.332 e. The molecule has 1 aromatic carbocycles. The Balaban J connectivity index is 1.68. The van der Waals surface area contributed by atoms with Crippen molar-refractivity contribution in [2.24, 2.45) is 12.5 Å². The molecule has 1 aliphatic rings. The Labute approximate surface area is 206 Å². The zero-order valence-corrected chi connectivity index (χ0v) is 20.8. The summed E-state index contributed by atoms with van der Waals surface area (Å²) >= 11 is 0. The van der Waals surface area contributed by atoms with Crippen LogP contribution in [0, 0.1) is 12.3 Å². The fraction of sp³-hybridized carbons (Fsp3) is 0.360. The van der Waals surface area contributed by atoms with E-state index in [-0.39, 0.29) is 29.1 Å². The molecule has 1 fully saturated rings. The van der Waals surface area contributed by atoms with E-state index in [1.165, 1.54) is 22.8 Å². The number of halogens is 1. The second-order valence-electron chi connectivity index (χ2n) is 9.68. The molecule has 3 aromatic heterocycles. The van der Waals surface area contributed by atoms with E-state index >= 15 is 0 Å². The summed E-state index contributed by atoms with van der Waals surface area (Å²) in [6.45, 7) is 1.30. The molecule has 0 amide bonds. The lowest BCUT2D eigenvalue weighted by Gasteiger charge is -2.16. The first kappa shape index (κ1) is 24.1. The third kappa shape index (κ3) is 4.50. The van der Waals surface area contributed by atoms with Gasteiger partial charge in [0.2, 0.25) is 0 Å². The van der Waals surface area contributed by atoms with Crippen molar-refractivity contribution < 1.29 is 12.8 Å². The van der Waals surface area contributed by atoms with Crippen LogP contribution in [0.25, 0.3) is 10.9 Å². The summed E-state index contributed by atoms with van der Waals surface area (Å²) < 4.78 is 43.7. The number of hydrogen-bond donors (Lipinski definition) is 0. The monoisotopic (exact) mass is 511 g/mol. The average molecular weight is 512 g/mol. The molecule has 3 heterocycles. The second-order valence-corrected chi connectivity index (χ2v) is 11.7. The molecule has 0 N–H and O–H groups in total. The highest BCUT2D eigenvalue weighted by atomic mass is 32.2. The van der Waals surface area contributed by atoms with Crippen LogP contribution in [0.15, 0.2) is 63.4 Å². The van der Waals surface area contributed by atoms with Crippen molar-refractivity contribution in [3.05, 3.63) is 86.6 Å². The minimum absolute atomic E-state index is 0.0232. The zero-order chi connectivity index (χ0) is 25.7. The Morgan fingerprint density at radius 2 is 1.86 bits per heavy atom. The minimum atomic E-state index is -3.83. The summed E-state index contributed by atoms with van der Waals surface area (Å²) in [6, 6.07) is 7.86. The van der Waals surface area contributed by atoms with Crippen molar-refractivity contribution in [2.75, 3.05) is 12.4 Å². The molecule has 11 heteroatoms. The van der Waals surface area contributed by atoms with Gasteiger partial charge in [0.05, 0.1) is 53.2 Å². The maximum atomic E-state index is 13.5. The highest BCUT2D eigenvalue weighted by Crippen LogP contribution is 2.47. The van der Waals surface area contributed by atoms with Crippen LogP contribution < -0.4 is 11.2 Å². The molecular weight excluding hydrogens is 485 g/mol. The Hall–Kier alpha value is -3.60. The van der Waals surface area contributed by atoms with Gasteiger partial charge in [-0.1, -0.05) is 0 Å². The fourth-order valence-corrected chi connectivity index (χ4v) is 6.36. The molecule has 0 bridgehead atoms. The maximum absolute atomic E-state index is 13.5. The number of sulfone groups is 1. The number of rotatable bonds is 8. The van der Waals surface area contributed by atoms with Crippen LogP contribution in [0.4, 0.5) is 4.39 Å². The molecule has 1 aliphatic carbocycles. The highest BCUT2D eigenvalue weighted by Gasteiger charge is 2.46. The van der Waals surface area contributed by atoms with Gasteiger partial charge in [0.15, 0.2) is 9.84 Å². The van der Waals surface area contributed by atoms with E-state index < -0.39 is 33.2 Å². The molecule has 9 nitrogen and oxygen atoms in total. The van der Waals surface area contributed by atoms with Gasteiger partial charge in [0.1, 0.15) is 0 Å². The van der Waals surface area contributed by atoms with Crippen molar-refractivity contribution in [1.82, 2.24) is 23.9 Å². The van der Waals surface area contributed by atoms with E-state index in [0.29, 0.717) is 29.6 Å². The Morgan fingerprint density at radius 3 is 2.50 bits per heavy atom. The molecule has 1 saturated carbocycles. The normalized spacial score (nSPS) is 14.9. The molecular formula is C25H26FN5O4S. The molecule has 4 aromatic rings. The molecule has 0 radical (unpaired) electrons. The topological polar surface area (TPSA) is 109 Å². The Kier molecular flexibility index (Phi) is 5.90. The average Bonchev–Trinajstić information content (AvgIpc) is 3.49. The van der Waals surface area contributed by atoms with Gasteiger partial charge in [-0.2, -0.15) is 5.10 Å². The van der Waals surface area contributed by atoms with Crippen LogP contribution in [0.5, 0.6) is 0 Å². The number of fused-ring (bicyclic) bond motifs is 1. The number of benzene rings is 1. The van der Waals surface area contributed by atoms with E-state index in [0.717, 1.165) is 10.1 Å². The summed E-state index contributed by atoms with van der Waals surface area (Å²) in [6.07, 6.45) is 5.96. The van der Waals surface area contributed by atoms with Gasteiger partial charge >= 0.3 is 5.69 Å². The van der Waals surface area contributed by atoms with E-state index in [4.69, 9.17) is 0 Å². The molecule has 0 atom stereocenters. The molecule has 0 aliphatic heterocycles. The van der Waals surface area contributed by atoms with Gasteiger partial charge in [-0.25, -0.2) is 13.2 Å². The Bertz CT molecular complexity index is 1700. The number of nitrogens with zero attached hydrogens (tertiary/aromatic N) is 5. The quantitative estimate of drug-likeness (QED) is 0.359. The number of aryl methyl sites for hydroxylation is 2. The molecule has 0 saturated heterocycles. The van der Waals surface area contributed by atoms with Crippen LogP contribution in [0.1, 0.15) is 29.7 Å². The van der Waals surface area contributed by atoms with Crippen molar-refractivity contribution in [3.63, 3.8) is 0 Å². The lowest BCUT2D eigenvalue weighted by molar-refractivity contribution is 0.367. The summed E-state index contributed by atoms with van der Waals surface area (Å²) in [5.74, 6) is -0.307. The zero-order valence-electron chi connectivity index (χ0n) is 20.0. The van der Waals surface area contributed by atoms with Crippen LogP contribution in [-0.4, -0.2) is 44.7 Å². The molecule has 5 rings (SSSR count). The number of pyridine rings is 1. The SMILES string of the molecule is Cc1ccnc(Cn2c(=O)n(Cc3cnn(C)c3)c(=O)c3cc(S(=O)(=O)CC4(CF)CC4)ccc32)c1. The fourth-order valence-electron chi connectivity index (χ4n) is 4.45. The first-order chi connectivity index (χ1) is 17.1. The minimum Gasteiger partial charge on any atom is -0.287 e.